The Morgan fingerprint density at radius 3 is 2.74 bits per heavy atom. The van der Waals surface area contributed by atoms with Crippen molar-refractivity contribution in [2.24, 2.45) is 0 Å². The summed E-state index contributed by atoms with van der Waals surface area (Å²) >= 11 is 0. The molecule has 0 aliphatic rings. The van der Waals surface area contributed by atoms with Crippen molar-refractivity contribution in [2.75, 3.05) is 13.2 Å². The number of carboxylic acid groups (broad SMARTS) is 1. The summed E-state index contributed by atoms with van der Waals surface area (Å²) in [6, 6.07) is 2.24. The molecule has 0 bridgehead atoms. The van der Waals surface area contributed by atoms with Crippen LogP contribution < -0.4 is 10.6 Å². The van der Waals surface area contributed by atoms with Crippen LogP contribution >= 0.6 is 0 Å². The summed E-state index contributed by atoms with van der Waals surface area (Å²) in [7, 11) is 0. The highest BCUT2D eigenvalue weighted by atomic mass is 16.5. The lowest BCUT2D eigenvalue weighted by Crippen LogP contribution is -2.42. The zero-order chi connectivity index (χ0) is 14.3. The predicted molar refractivity (Wildman–Crippen MR) is 62.3 cm³/mol. The van der Waals surface area contributed by atoms with Gasteiger partial charge in [-0.05, 0) is 19.1 Å². The number of hydrogen-bond donors (Lipinski definition) is 3. The summed E-state index contributed by atoms with van der Waals surface area (Å²) in [5.41, 5.74) is 0. The molecule has 0 saturated heterocycles. The van der Waals surface area contributed by atoms with Gasteiger partial charge >= 0.3 is 12.0 Å². The average Bonchev–Trinajstić information content (AvgIpc) is 2.81. The molecule has 0 aromatic carbocycles. The Morgan fingerprint density at radius 2 is 2.16 bits per heavy atom. The van der Waals surface area contributed by atoms with Gasteiger partial charge in [-0.3, -0.25) is 10.1 Å². The van der Waals surface area contributed by atoms with E-state index in [0.29, 0.717) is 5.76 Å². The van der Waals surface area contributed by atoms with Gasteiger partial charge in [-0.25, -0.2) is 9.59 Å². The SMILES string of the molecule is CC(NC(=O)NC(=O)COCC(=O)O)c1ccco1. The van der Waals surface area contributed by atoms with Gasteiger partial charge in [0.25, 0.3) is 5.91 Å². The van der Waals surface area contributed by atoms with Gasteiger partial charge in [0.05, 0.1) is 12.3 Å². The standard InChI is InChI=1S/C11H14N2O6/c1-7(8-3-2-4-19-8)12-11(17)13-9(14)5-18-6-10(15)16/h2-4,7H,5-6H2,1H3,(H,15,16)(H2,12,13,14,17). The summed E-state index contributed by atoms with van der Waals surface area (Å²) in [6.45, 7) is 0.580. The first-order chi connectivity index (χ1) is 8.99. The Morgan fingerprint density at radius 1 is 1.42 bits per heavy atom. The second kappa shape index (κ2) is 7.17. The molecule has 1 unspecified atom stereocenters. The molecule has 1 atom stereocenters. The topological polar surface area (TPSA) is 118 Å². The molecule has 0 fully saturated rings. The van der Waals surface area contributed by atoms with E-state index in [1.807, 2.05) is 5.32 Å². The maximum absolute atomic E-state index is 11.4. The summed E-state index contributed by atoms with van der Waals surface area (Å²) in [6.07, 6.45) is 1.47. The molecule has 0 spiro atoms. The fourth-order valence-corrected chi connectivity index (χ4v) is 1.24. The van der Waals surface area contributed by atoms with E-state index < -0.39 is 37.2 Å². The Labute approximate surface area is 108 Å². The molecule has 0 aliphatic carbocycles. The first-order valence-electron chi connectivity index (χ1n) is 5.42. The lowest BCUT2D eigenvalue weighted by molar-refractivity contribution is -0.143. The normalized spacial score (nSPS) is 11.6. The van der Waals surface area contributed by atoms with E-state index in [9.17, 15) is 14.4 Å². The largest absolute Gasteiger partial charge is 0.480 e. The van der Waals surface area contributed by atoms with Crippen LogP contribution in [0.4, 0.5) is 4.79 Å². The van der Waals surface area contributed by atoms with E-state index in [2.05, 4.69) is 10.1 Å². The second-order valence-electron chi connectivity index (χ2n) is 3.65. The van der Waals surface area contributed by atoms with Gasteiger partial charge in [-0.15, -0.1) is 0 Å². The number of carbonyl (C=O) groups excluding carboxylic acids is 2. The Kier molecular flexibility index (Phi) is 5.55. The molecule has 1 heterocycles. The second-order valence-corrected chi connectivity index (χ2v) is 3.65. The molecule has 8 heteroatoms. The van der Waals surface area contributed by atoms with Gasteiger partial charge in [0.2, 0.25) is 0 Å². The molecule has 0 aliphatic heterocycles. The maximum Gasteiger partial charge on any atom is 0.329 e. The van der Waals surface area contributed by atoms with E-state index in [1.165, 1.54) is 6.26 Å². The number of rotatable bonds is 6. The lowest BCUT2D eigenvalue weighted by atomic mass is 10.2. The number of carbonyl (C=O) groups is 3. The van der Waals surface area contributed by atoms with Gasteiger partial charge in [0.15, 0.2) is 0 Å². The van der Waals surface area contributed by atoms with Crippen LogP contribution in [0.2, 0.25) is 0 Å². The predicted octanol–water partition coefficient (Wildman–Crippen LogP) is 0.268. The minimum Gasteiger partial charge on any atom is -0.480 e. The molecule has 8 nitrogen and oxygen atoms in total. The lowest BCUT2D eigenvalue weighted by Gasteiger charge is -2.11. The van der Waals surface area contributed by atoms with Gasteiger partial charge < -0.3 is 19.6 Å². The molecule has 0 radical (unpaired) electrons. The van der Waals surface area contributed by atoms with Gasteiger partial charge in [-0.2, -0.15) is 0 Å². The first-order valence-corrected chi connectivity index (χ1v) is 5.42. The minimum absolute atomic E-state index is 0.400. The van der Waals surface area contributed by atoms with Crippen molar-refractivity contribution < 1.29 is 28.6 Å². The molecule has 19 heavy (non-hydrogen) atoms. The molecule has 104 valence electrons. The zero-order valence-corrected chi connectivity index (χ0v) is 10.2. The van der Waals surface area contributed by atoms with Crippen molar-refractivity contribution in [1.29, 1.82) is 0 Å². The summed E-state index contributed by atoms with van der Waals surface area (Å²) in [4.78, 5) is 32.7. The van der Waals surface area contributed by atoms with E-state index in [-0.39, 0.29) is 0 Å². The molecule has 1 aromatic rings. The molecule has 1 rings (SSSR count). The maximum atomic E-state index is 11.4. The van der Waals surface area contributed by atoms with E-state index in [1.54, 1.807) is 19.1 Å². The summed E-state index contributed by atoms with van der Waals surface area (Å²) in [5.74, 6) is -1.38. The number of nitrogens with one attached hydrogen (secondary N) is 2. The van der Waals surface area contributed by atoms with Gasteiger partial charge in [0.1, 0.15) is 19.0 Å². The van der Waals surface area contributed by atoms with E-state index >= 15 is 0 Å². The third kappa shape index (κ3) is 5.68. The number of urea groups is 1. The van der Waals surface area contributed by atoms with Crippen LogP contribution in [-0.4, -0.2) is 36.2 Å². The number of furan rings is 1. The number of aliphatic carboxylic acids is 1. The molecule has 3 N–H and O–H groups in total. The number of amides is 3. The van der Waals surface area contributed by atoms with Crippen LogP contribution in [0.5, 0.6) is 0 Å². The smallest absolute Gasteiger partial charge is 0.329 e. The van der Waals surface area contributed by atoms with E-state index in [4.69, 9.17) is 9.52 Å². The van der Waals surface area contributed by atoms with Gasteiger partial charge in [0, 0.05) is 0 Å². The van der Waals surface area contributed by atoms with Crippen molar-refractivity contribution in [3.8, 4) is 0 Å². The van der Waals surface area contributed by atoms with Crippen LogP contribution in [0.15, 0.2) is 22.8 Å². The molecule has 0 saturated carbocycles. The van der Waals surface area contributed by atoms with Crippen LogP contribution in [0.3, 0.4) is 0 Å². The van der Waals surface area contributed by atoms with Crippen molar-refractivity contribution in [3.05, 3.63) is 24.2 Å². The fraction of sp³-hybridized carbons (Fsp3) is 0.364. The molecule has 3 amide bonds. The van der Waals surface area contributed by atoms with Crippen molar-refractivity contribution in [2.45, 2.75) is 13.0 Å². The average molecular weight is 270 g/mol. The van der Waals surface area contributed by atoms with E-state index in [0.717, 1.165) is 0 Å². The number of imide groups is 1. The van der Waals surface area contributed by atoms with Crippen LogP contribution in [0.1, 0.15) is 18.7 Å². The number of ether oxygens (including phenoxy) is 1. The van der Waals surface area contributed by atoms with Crippen LogP contribution in [0.25, 0.3) is 0 Å². The quantitative estimate of drug-likeness (QED) is 0.682. The number of hydrogen-bond acceptors (Lipinski definition) is 5. The molecule has 1 aromatic heterocycles. The third-order valence-electron chi connectivity index (χ3n) is 2.03. The Bertz CT molecular complexity index is 442. The Balaban J connectivity index is 2.27. The highest BCUT2D eigenvalue weighted by Crippen LogP contribution is 2.11. The van der Waals surface area contributed by atoms with Gasteiger partial charge in [-0.1, -0.05) is 0 Å². The first kappa shape index (κ1) is 14.7. The minimum atomic E-state index is -1.19. The van der Waals surface area contributed by atoms with Crippen molar-refractivity contribution >= 4 is 17.9 Å². The highest BCUT2D eigenvalue weighted by Gasteiger charge is 2.14. The molecular formula is C11H14N2O6. The Hall–Kier alpha value is -2.35. The number of carboxylic acids is 1. The van der Waals surface area contributed by atoms with Crippen molar-refractivity contribution in [1.82, 2.24) is 10.6 Å². The molecular weight excluding hydrogens is 256 g/mol. The summed E-state index contributed by atoms with van der Waals surface area (Å²) in [5, 5.41) is 12.8. The fourth-order valence-electron chi connectivity index (χ4n) is 1.24. The van der Waals surface area contributed by atoms with Crippen LogP contribution in [0, 0.1) is 0 Å². The third-order valence-corrected chi connectivity index (χ3v) is 2.03. The monoisotopic (exact) mass is 270 g/mol. The van der Waals surface area contributed by atoms with Crippen LogP contribution in [-0.2, 0) is 14.3 Å². The summed E-state index contributed by atoms with van der Waals surface area (Å²) < 4.78 is 9.60. The van der Waals surface area contributed by atoms with Crippen molar-refractivity contribution in [3.63, 3.8) is 0 Å². The highest BCUT2D eigenvalue weighted by molar-refractivity contribution is 5.95. The zero-order valence-electron chi connectivity index (χ0n) is 10.2.